The van der Waals surface area contributed by atoms with Gasteiger partial charge in [-0.2, -0.15) is 0 Å². The Kier molecular flexibility index (Phi) is 6.39. The summed E-state index contributed by atoms with van der Waals surface area (Å²) in [5.74, 6) is -0.297. The Balaban J connectivity index is 1.70. The van der Waals surface area contributed by atoms with Crippen LogP contribution in [0.1, 0.15) is 15.2 Å². The van der Waals surface area contributed by atoms with Gasteiger partial charge in [0.15, 0.2) is 0 Å². The van der Waals surface area contributed by atoms with E-state index in [1.165, 1.54) is 30.5 Å². The quantitative estimate of drug-likeness (QED) is 0.606. The van der Waals surface area contributed by atoms with Crippen LogP contribution in [0.5, 0.6) is 0 Å². The number of nitrogens with zero attached hydrogens (tertiary/aromatic N) is 1. The Hall–Kier alpha value is -2.35. The largest absolute Gasteiger partial charge is 0.351 e. The van der Waals surface area contributed by atoms with Gasteiger partial charge in [0.05, 0.1) is 10.6 Å². The van der Waals surface area contributed by atoms with Crippen molar-refractivity contribution in [3.8, 4) is 0 Å². The maximum absolute atomic E-state index is 12.8. The summed E-state index contributed by atoms with van der Waals surface area (Å²) in [6.07, 6.45) is 0.655. The predicted molar refractivity (Wildman–Crippen MR) is 114 cm³/mol. The maximum atomic E-state index is 12.8. The number of carbonyl (C=O) groups is 1. The fourth-order valence-corrected chi connectivity index (χ4v) is 4.90. The zero-order valence-corrected chi connectivity index (χ0v) is 17.5. The molecule has 0 aliphatic heterocycles. The summed E-state index contributed by atoms with van der Waals surface area (Å²) >= 11 is 7.08. The van der Waals surface area contributed by atoms with Gasteiger partial charge < -0.3 is 5.32 Å². The van der Waals surface area contributed by atoms with Gasteiger partial charge in [0.2, 0.25) is 0 Å². The van der Waals surface area contributed by atoms with Crippen LogP contribution in [0.4, 0.5) is 5.69 Å². The standard InChI is InChI=1S/C20H19ClN2O3S2/c1-23(28(25,26)17-5-3-2-4-6-17)18-12-14-27-19(18)20(24)22-13-11-15-7-9-16(21)10-8-15/h2-10,12,14H,11,13H2,1H3,(H,22,24). The molecule has 0 saturated carbocycles. The number of amides is 1. The third-order valence-corrected chi connectivity index (χ3v) is 7.14. The van der Waals surface area contributed by atoms with Crippen molar-refractivity contribution in [2.24, 2.45) is 0 Å². The minimum Gasteiger partial charge on any atom is -0.351 e. The molecule has 0 aliphatic rings. The van der Waals surface area contributed by atoms with Gasteiger partial charge in [-0.05, 0) is 47.7 Å². The normalized spacial score (nSPS) is 11.2. The third-order valence-electron chi connectivity index (χ3n) is 4.20. The topological polar surface area (TPSA) is 66.5 Å². The molecule has 0 saturated heterocycles. The highest BCUT2D eigenvalue weighted by atomic mass is 35.5. The van der Waals surface area contributed by atoms with Crippen LogP contribution in [0.25, 0.3) is 0 Å². The monoisotopic (exact) mass is 434 g/mol. The number of anilines is 1. The maximum Gasteiger partial charge on any atom is 0.264 e. The van der Waals surface area contributed by atoms with Crippen LogP contribution in [0.2, 0.25) is 5.02 Å². The Morgan fingerprint density at radius 2 is 1.75 bits per heavy atom. The van der Waals surface area contributed by atoms with E-state index < -0.39 is 10.0 Å². The molecule has 5 nitrogen and oxygen atoms in total. The molecule has 0 fully saturated rings. The second-order valence-corrected chi connectivity index (χ2v) is 9.37. The second-order valence-electron chi connectivity index (χ2n) is 6.05. The van der Waals surface area contributed by atoms with Gasteiger partial charge in [0.1, 0.15) is 4.88 Å². The fraction of sp³-hybridized carbons (Fsp3) is 0.150. The Morgan fingerprint density at radius 1 is 1.07 bits per heavy atom. The summed E-state index contributed by atoms with van der Waals surface area (Å²) in [5, 5.41) is 5.23. The Bertz CT molecular complexity index is 1050. The van der Waals surface area contributed by atoms with Gasteiger partial charge in [0, 0.05) is 18.6 Å². The van der Waals surface area contributed by atoms with Crippen LogP contribution in [0.15, 0.2) is 70.9 Å². The first-order chi connectivity index (χ1) is 13.4. The molecule has 146 valence electrons. The van der Waals surface area contributed by atoms with E-state index in [4.69, 9.17) is 11.6 Å². The van der Waals surface area contributed by atoms with Crippen molar-refractivity contribution in [3.05, 3.63) is 81.5 Å². The number of rotatable bonds is 7. The molecule has 1 amide bonds. The van der Waals surface area contributed by atoms with E-state index in [0.29, 0.717) is 28.6 Å². The number of hydrogen-bond acceptors (Lipinski definition) is 4. The molecule has 0 unspecified atom stereocenters. The number of halogens is 1. The molecular weight excluding hydrogens is 416 g/mol. The Morgan fingerprint density at radius 3 is 2.43 bits per heavy atom. The van der Waals surface area contributed by atoms with Crippen molar-refractivity contribution in [3.63, 3.8) is 0 Å². The number of sulfonamides is 1. The number of thiophene rings is 1. The SMILES string of the molecule is CN(c1ccsc1C(=O)NCCc1ccc(Cl)cc1)S(=O)(=O)c1ccccc1. The van der Waals surface area contributed by atoms with Crippen LogP contribution >= 0.6 is 22.9 Å². The highest BCUT2D eigenvalue weighted by molar-refractivity contribution is 7.92. The van der Waals surface area contributed by atoms with Gasteiger partial charge in [-0.3, -0.25) is 9.10 Å². The first-order valence-corrected chi connectivity index (χ1v) is 11.2. The lowest BCUT2D eigenvalue weighted by atomic mass is 10.1. The summed E-state index contributed by atoms with van der Waals surface area (Å²) in [6, 6.07) is 17.2. The summed E-state index contributed by atoms with van der Waals surface area (Å²) in [6.45, 7) is 0.437. The number of nitrogens with one attached hydrogen (secondary N) is 1. The van der Waals surface area contributed by atoms with Crippen molar-refractivity contribution >= 4 is 44.6 Å². The van der Waals surface area contributed by atoms with Gasteiger partial charge in [-0.15, -0.1) is 11.3 Å². The van der Waals surface area contributed by atoms with Crippen molar-refractivity contribution in [1.29, 1.82) is 0 Å². The molecule has 3 aromatic rings. The molecule has 0 atom stereocenters. The van der Waals surface area contributed by atoms with E-state index in [-0.39, 0.29) is 10.8 Å². The second kappa shape index (κ2) is 8.77. The van der Waals surface area contributed by atoms with E-state index in [2.05, 4.69) is 5.32 Å². The van der Waals surface area contributed by atoms with Crippen molar-refractivity contribution < 1.29 is 13.2 Å². The molecule has 0 aliphatic carbocycles. The molecule has 1 heterocycles. The fourth-order valence-electron chi connectivity index (χ4n) is 2.65. The summed E-state index contributed by atoms with van der Waals surface area (Å²) in [4.78, 5) is 13.1. The molecule has 0 bridgehead atoms. The zero-order chi connectivity index (χ0) is 20.1. The number of hydrogen-bond donors (Lipinski definition) is 1. The Labute approximate surface area is 173 Å². The summed E-state index contributed by atoms with van der Waals surface area (Å²) in [5.41, 5.74) is 1.41. The van der Waals surface area contributed by atoms with E-state index in [0.717, 1.165) is 9.87 Å². The minimum absolute atomic E-state index is 0.179. The third kappa shape index (κ3) is 4.55. The van der Waals surface area contributed by atoms with E-state index in [9.17, 15) is 13.2 Å². The van der Waals surface area contributed by atoms with Crippen molar-refractivity contribution in [1.82, 2.24) is 5.32 Å². The van der Waals surface area contributed by atoms with Gasteiger partial charge in [0.25, 0.3) is 15.9 Å². The van der Waals surface area contributed by atoms with E-state index in [1.807, 2.05) is 12.1 Å². The molecular formula is C20H19ClN2O3S2. The molecule has 3 rings (SSSR count). The van der Waals surface area contributed by atoms with Gasteiger partial charge >= 0.3 is 0 Å². The van der Waals surface area contributed by atoms with Crippen molar-refractivity contribution in [2.75, 3.05) is 17.9 Å². The smallest absolute Gasteiger partial charge is 0.264 e. The molecule has 1 aromatic heterocycles. The summed E-state index contributed by atoms with van der Waals surface area (Å²) < 4.78 is 26.8. The van der Waals surface area contributed by atoms with Crippen LogP contribution in [0, 0.1) is 0 Å². The average molecular weight is 435 g/mol. The molecule has 0 spiro atoms. The van der Waals surface area contributed by atoms with Gasteiger partial charge in [-0.1, -0.05) is 41.9 Å². The average Bonchev–Trinajstić information content (AvgIpc) is 3.19. The lowest BCUT2D eigenvalue weighted by molar-refractivity contribution is 0.0959. The lowest BCUT2D eigenvalue weighted by Crippen LogP contribution is -2.30. The molecule has 1 N–H and O–H groups in total. The van der Waals surface area contributed by atoms with Crippen molar-refractivity contribution in [2.45, 2.75) is 11.3 Å². The highest BCUT2D eigenvalue weighted by Crippen LogP contribution is 2.29. The van der Waals surface area contributed by atoms with Crippen LogP contribution in [0.3, 0.4) is 0 Å². The molecule has 8 heteroatoms. The summed E-state index contributed by atoms with van der Waals surface area (Å²) in [7, 11) is -2.28. The highest BCUT2D eigenvalue weighted by Gasteiger charge is 2.25. The lowest BCUT2D eigenvalue weighted by Gasteiger charge is -2.19. The number of benzene rings is 2. The van der Waals surface area contributed by atoms with Crippen LogP contribution in [-0.4, -0.2) is 27.9 Å². The van der Waals surface area contributed by atoms with Crippen LogP contribution < -0.4 is 9.62 Å². The first-order valence-electron chi connectivity index (χ1n) is 8.53. The molecule has 0 radical (unpaired) electrons. The first kappa shape index (κ1) is 20.4. The van der Waals surface area contributed by atoms with Gasteiger partial charge in [-0.25, -0.2) is 8.42 Å². The molecule has 28 heavy (non-hydrogen) atoms. The molecule has 2 aromatic carbocycles. The number of carbonyl (C=O) groups excluding carboxylic acids is 1. The minimum atomic E-state index is -3.74. The zero-order valence-electron chi connectivity index (χ0n) is 15.1. The van der Waals surface area contributed by atoms with E-state index >= 15 is 0 Å². The van der Waals surface area contributed by atoms with E-state index in [1.54, 1.807) is 41.8 Å². The van der Waals surface area contributed by atoms with Crippen LogP contribution in [-0.2, 0) is 16.4 Å². The predicted octanol–water partition coefficient (Wildman–Crippen LogP) is 4.20.